The molecule has 2 aliphatic rings. The topological polar surface area (TPSA) is 339 Å². The summed E-state index contributed by atoms with van der Waals surface area (Å²) in [5.74, 6) is -3.82. The Balaban J connectivity index is 0.685. The van der Waals surface area contributed by atoms with Crippen LogP contribution in [0.25, 0.3) is 23.3 Å². The minimum Gasteiger partial charge on any atom is -0.480 e. The maximum atomic E-state index is 13.4. The fourth-order valence-corrected chi connectivity index (χ4v) is 9.25. The molecule has 9 N–H and O–H groups in total. The van der Waals surface area contributed by atoms with Gasteiger partial charge in [-0.25, -0.2) is 14.8 Å². The quantitative estimate of drug-likeness (QED) is 0.0262. The van der Waals surface area contributed by atoms with Crippen molar-refractivity contribution in [3.63, 3.8) is 0 Å². The summed E-state index contributed by atoms with van der Waals surface area (Å²) < 4.78 is 11.0. The number of ether oxygens (including phenoxy) is 2. The van der Waals surface area contributed by atoms with Crippen LogP contribution >= 0.6 is 11.8 Å². The van der Waals surface area contributed by atoms with Gasteiger partial charge in [-0.05, 0) is 53.4 Å². The molecule has 410 valence electrons. The largest absolute Gasteiger partial charge is 0.480 e. The monoisotopic (exact) mass is 1090 g/mol. The Bertz CT molecular complexity index is 3080. The first kappa shape index (κ1) is 57.2. The first-order valence-electron chi connectivity index (χ1n) is 25.2. The molecular formula is C53H60N12O12S. The number of carbonyl (C=O) groups is 8. The zero-order chi connectivity index (χ0) is 55.4. The number of carbonyl (C=O) groups excluding carboxylic acids is 7. The van der Waals surface area contributed by atoms with Crippen molar-refractivity contribution in [3.05, 3.63) is 117 Å². The van der Waals surface area contributed by atoms with Crippen LogP contribution in [-0.2, 0) is 56.1 Å². The minimum atomic E-state index is -1.36. The van der Waals surface area contributed by atoms with Crippen molar-refractivity contribution >= 4 is 99.7 Å². The van der Waals surface area contributed by atoms with Crippen molar-refractivity contribution in [1.29, 1.82) is 0 Å². The number of nitrogens with one attached hydrogen (secondary N) is 6. The zero-order valence-electron chi connectivity index (χ0n) is 42.5. The molecule has 78 heavy (non-hydrogen) atoms. The summed E-state index contributed by atoms with van der Waals surface area (Å²) in [7, 11) is 0. The summed E-state index contributed by atoms with van der Waals surface area (Å²) >= 11 is 1.18. The molecule has 5 aromatic rings. The molecule has 7 amide bonds. The van der Waals surface area contributed by atoms with Crippen LogP contribution in [0.15, 0.2) is 83.8 Å². The lowest BCUT2D eigenvalue weighted by atomic mass is 10.0. The highest BCUT2D eigenvalue weighted by Crippen LogP contribution is 2.29. The molecule has 2 aliphatic heterocycles. The summed E-state index contributed by atoms with van der Waals surface area (Å²) in [6.07, 6.45) is 5.17. The molecular weight excluding hydrogens is 1030 g/mol. The van der Waals surface area contributed by atoms with Gasteiger partial charge in [-0.15, -0.1) is 11.8 Å². The Morgan fingerprint density at radius 3 is 2.27 bits per heavy atom. The molecule has 0 saturated carbocycles. The number of nitrogens with two attached hydrogens (primary N) is 1. The fourth-order valence-electron chi connectivity index (χ4n) is 8.22. The number of H-pyrrole nitrogens is 1. The van der Waals surface area contributed by atoms with Gasteiger partial charge < -0.3 is 51.8 Å². The SMILES string of the molecule is Nc1nc2ncc(CNc3ccc(C(=O)NC(CCC(=O)NCCSC4CC(=O)N(CCC(=O)NCCOCCOCCC(=O)NCCC(=O)N5Cc6ccccc6/C=C\c6ccccc65)C4=O)C(=O)O)cc3)nc2c(=O)[nH]1. The number of aliphatic carboxylic acids is 1. The Kier molecular flexibility index (Phi) is 20.9. The number of benzene rings is 3. The van der Waals surface area contributed by atoms with Crippen molar-refractivity contribution < 1.29 is 52.9 Å². The standard InChI is InChI=1S/C53H60N12O12S/c54-53-62-48-47(50(72)63-53)60-38(31-59-48)30-58-37-13-11-35(12-14-37)49(71)61-39(52(74)75)15-16-42(66)57-22-28-78-41-29-46(70)64(51(41)73)23-18-43(67)56-21-25-77-27-26-76-24-19-44(68)55-20-17-45(69)65-32-36-7-2-1-5-33(36)9-10-34-6-3-4-8-40(34)65/h1-14,31,39,41,58H,15-30,32H2,(H,55,68)(H,56,67)(H,57,66)(H,61,71)(H,74,75)(H3,54,59,62,63,72)/b10-9-. The molecule has 2 aromatic heterocycles. The number of nitrogens with zero attached hydrogens (tertiary/aromatic N) is 5. The van der Waals surface area contributed by atoms with Gasteiger partial charge in [-0.1, -0.05) is 54.6 Å². The van der Waals surface area contributed by atoms with Crippen molar-refractivity contribution in [1.82, 2.24) is 46.1 Å². The van der Waals surface area contributed by atoms with Crippen molar-refractivity contribution in [2.45, 2.75) is 62.9 Å². The van der Waals surface area contributed by atoms with E-state index in [0.717, 1.165) is 27.3 Å². The van der Waals surface area contributed by atoms with Crippen LogP contribution in [0.3, 0.4) is 0 Å². The Morgan fingerprint density at radius 2 is 1.47 bits per heavy atom. The molecule has 3 aromatic carbocycles. The molecule has 0 aliphatic carbocycles. The Hall–Kier alpha value is -8.55. The lowest BCUT2D eigenvalue weighted by Crippen LogP contribution is -2.41. The van der Waals surface area contributed by atoms with E-state index < -0.39 is 46.4 Å². The molecule has 0 radical (unpaired) electrons. The first-order valence-corrected chi connectivity index (χ1v) is 26.2. The van der Waals surface area contributed by atoms with Gasteiger partial charge in [-0.2, -0.15) is 4.98 Å². The van der Waals surface area contributed by atoms with Crippen molar-refractivity contribution in [3.8, 4) is 0 Å². The third-order valence-electron chi connectivity index (χ3n) is 12.3. The predicted molar refractivity (Wildman–Crippen MR) is 289 cm³/mol. The summed E-state index contributed by atoms with van der Waals surface area (Å²) in [4.78, 5) is 131. The van der Waals surface area contributed by atoms with Crippen LogP contribution in [0, 0.1) is 0 Å². The second-order valence-corrected chi connectivity index (χ2v) is 19.2. The average Bonchev–Trinajstić information content (AvgIpc) is 3.71. The molecule has 25 heteroatoms. The fraction of sp³-hybridized carbons (Fsp3) is 0.358. The summed E-state index contributed by atoms with van der Waals surface area (Å²) in [5, 5.41) is 22.7. The molecule has 7 rings (SSSR count). The number of hydrogen-bond acceptors (Lipinski definition) is 17. The first-order chi connectivity index (χ1) is 37.7. The highest BCUT2D eigenvalue weighted by molar-refractivity contribution is 8.00. The number of hydrogen-bond donors (Lipinski definition) is 8. The lowest BCUT2D eigenvalue weighted by Gasteiger charge is -2.27. The second-order valence-electron chi connectivity index (χ2n) is 17.9. The number of carboxylic acid groups (broad SMARTS) is 1. The van der Waals surface area contributed by atoms with E-state index in [1.807, 2.05) is 54.6 Å². The summed E-state index contributed by atoms with van der Waals surface area (Å²) in [5.41, 5.74) is 10.2. The van der Waals surface area contributed by atoms with Crippen LogP contribution in [0.2, 0.25) is 0 Å². The average molecular weight is 1090 g/mol. The molecule has 0 bridgehead atoms. The van der Waals surface area contributed by atoms with Gasteiger partial charge in [0.15, 0.2) is 11.2 Å². The zero-order valence-corrected chi connectivity index (χ0v) is 43.3. The number of anilines is 3. The van der Waals surface area contributed by atoms with Crippen LogP contribution in [0.5, 0.6) is 0 Å². The normalized spacial score (nSPS) is 14.6. The van der Waals surface area contributed by atoms with Gasteiger partial charge in [0.2, 0.25) is 41.4 Å². The van der Waals surface area contributed by atoms with Gasteiger partial charge in [-0.3, -0.25) is 48.2 Å². The van der Waals surface area contributed by atoms with E-state index in [0.29, 0.717) is 17.9 Å². The van der Waals surface area contributed by atoms with Gasteiger partial charge in [0.05, 0.1) is 62.3 Å². The number of thioether (sulfide) groups is 1. The van der Waals surface area contributed by atoms with E-state index in [4.69, 9.17) is 15.2 Å². The Morgan fingerprint density at radius 1 is 0.782 bits per heavy atom. The summed E-state index contributed by atoms with van der Waals surface area (Å²) in [6, 6.07) is 20.5. The maximum Gasteiger partial charge on any atom is 0.326 e. The predicted octanol–water partition coefficient (Wildman–Crippen LogP) is 2.00. The number of para-hydroxylation sites is 1. The number of aromatic nitrogens is 4. The van der Waals surface area contributed by atoms with Crippen LogP contribution in [-0.4, -0.2) is 147 Å². The number of amides is 7. The van der Waals surface area contributed by atoms with Crippen LogP contribution in [0.1, 0.15) is 71.3 Å². The van der Waals surface area contributed by atoms with Crippen molar-refractivity contribution in [2.75, 3.05) is 74.3 Å². The molecule has 2 atom stereocenters. The van der Waals surface area contributed by atoms with Crippen LogP contribution < -0.4 is 42.8 Å². The van der Waals surface area contributed by atoms with Gasteiger partial charge in [0, 0.05) is 75.3 Å². The van der Waals surface area contributed by atoms with E-state index in [-0.39, 0.29) is 144 Å². The van der Waals surface area contributed by atoms with Gasteiger partial charge in [0.25, 0.3) is 11.5 Å². The van der Waals surface area contributed by atoms with Crippen molar-refractivity contribution in [2.24, 2.45) is 0 Å². The van der Waals surface area contributed by atoms with Gasteiger partial charge >= 0.3 is 5.97 Å². The number of imide groups is 1. The number of likely N-dealkylation sites (tertiary alicyclic amines) is 1. The number of aromatic amines is 1. The van der Waals surface area contributed by atoms with E-state index in [1.165, 1.54) is 30.1 Å². The highest BCUT2D eigenvalue weighted by atomic mass is 32.2. The van der Waals surface area contributed by atoms with E-state index >= 15 is 0 Å². The molecule has 24 nitrogen and oxygen atoms in total. The second kappa shape index (κ2) is 28.5. The van der Waals surface area contributed by atoms with Crippen LogP contribution in [0.4, 0.5) is 17.3 Å². The molecule has 1 fully saturated rings. The Labute approximate surface area is 451 Å². The van der Waals surface area contributed by atoms with E-state index in [1.54, 1.807) is 17.0 Å². The lowest BCUT2D eigenvalue weighted by molar-refractivity contribution is -0.140. The highest BCUT2D eigenvalue weighted by Gasteiger charge is 2.38. The van der Waals surface area contributed by atoms with E-state index in [2.05, 4.69) is 52.6 Å². The number of fused-ring (bicyclic) bond motifs is 3. The molecule has 1 saturated heterocycles. The maximum absolute atomic E-state index is 13.4. The van der Waals surface area contributed by atoms with E-state index in [9.17, 15) is 48.3 Å². The number of nitrogen functional groups attached to an aromatic ring is 1. The summed E-state index contributed by atoms with van der Waals surface area (Å²) in [6.45, 7) is 1.79. The third-order valence-corrected chi connectivity index (χ3v) is 13.5. The smallest absolute Gasteiger partial charge is 0.326 e. The van der Waals surface area contributed by atoms with Gasteiger partial charge in [0.1, 0.15) is 6.04 Å². The third kappa shape index (κ3) is 16.7. The molecule has 2 unspecified atom stereocenters. The number of carboxylic acids is 1. The number of rotatable bonds is 28. The minimum absolute atomic E-state index is 0.0295. The molecule has 4 heterocycles. The molecule has 0 spiro atoms.